The van der Waals surface area contributed by atoms with Crippen molar-refractivity contribution in [2.45, 2.75) is 247 Å². The van der Waals surface area contributed by atoms with Crippen LogP contribution in [0.15, 0.2) is 0 Å². The van der Waals surface area contributed by atoms with Gasteiger partial charge in [-0.2, -0.15) is 26.3 Å². The van der Waals surface area contributed by atoms with Crippen LogP contribution in [-0.2, 0) is 62.3 Å². The number of carbonyl (C=O) groups is 12. The summed E-state index contributed by atoms with van der Waals surface area (Å²) in [5.74, 6) is -15.1. The molecule has 25 nitrogen and oxygen atoms in total. The Balaban J connectivity index is 1.16. The predicted octanol–water partition coefficient (Wildman–Crippen LogP) is 5.60. The molecule has 0 aromatic carbocycles. The Labute approximate surface area is 612 Å². The molecule has 12 amide bonds. The average molecular weight is 1500 g/mol. The number of hydrogen-bond donors (Lipinski definition) is 3. The Kier molecular flexibility index (Phi) is 29.0. The lowest BCUT2D eigenvalue weighted by Gasteiger charge is -2.44. The Hall–Kier alpha value is -6.89. The lowest BCUT2D eigenvalue weighted by atomic mass is 9.78. The van der Waals surface area contributed by atoms with Crippen molar-refractivity contribution in [1.82, 2.24) is 60.0 Å². The molecule has 3 heterocycles. The molecule has 3 aliphatic heterocycles. The number of alkyl halides is 7. The van der Waals surface area contributed by atoms with Crippen LogP contribution in [-0.4, -0.2) is 283 Å². The first-order chi connectivity index (χ1) is 49.5. The molecule has 0 radical (unpaired) electrons. The highest BCUT2D eigenvalue weighted by Crippen LogP contribution is 2.45. The summed E-state index contributed by atoms with van der Waals surface area (Å²) in [5.41, 5.74) is -1.63. The molecular weight excluding hydrogens is 1390 g/mol. The fraction of sp³-hybridized carbons (Fsp3) is 0.836. The number of likely N-dealkylation sites (N-methyl/N-ethyl adjacent to an activating group) is 7. The minimum atomic E-state index is -4.80. The van der Waals surface area contributed by atoms with E-state index in [2.05, 4.69) is 16.0 Å². The maximum Gasteiger partial charge on any atom is 0.394 e. The van der Waals surface area contributed by atoms with Gasteiger partial charge in [0.2, 0.25) is 70.9 Å². The van der Waals surface area contributed by atoms with Crippen LogP contribution in [0, 0.1) is 41.4 Å². The summed E-state index contributed by atoms with van der Waals surface area (Å²) < 4.78 is 104. The predicted molar refractivity (Wildman–Crippen MR) is 370 cm³/mol. The monoisotopic (exact) mass is 1500 g/mol. The van der Waals surface area contributed by atoms with Gasteiger partial charge >= 0.3 is 12.4 Å². The Morgan fingerprint density at radius 1 is 0.562 bits per heavy atom. The summed E-state index contributed by atoms with van der Waals surface area (Å²) in [6.45, 7) is 2.01. The average Bonchev–Trinajstić information content (AvgIpc) is 1.67. The van der Waals surface area contributed by atoms with E-state index in [1.807, 2.05) is 0 Å². The number of morpholine rings is 1. The van der Waals surface area contributed by atoms with Crippen LogP contribution < -0.4 is 16.0 Å². The van der Waals surface area contributed by atoms with Crippen LogP contribution in [0.2, 0.25) is 0 Å². The standard InChI is InChI=1S/C73H113F7N12O13/c1-10-44(2)60-68(102)86(5)42-58(95)84(3)43-59(96)87(6)54(39-46-23-27-49(28-24-46)72(75,76)77)66(100)85(4)41-56(93)81-52(30-26-45-25-29-50(51(74)38-45)73(78,79)80)65(99)92-33-17-22-53(92)63(97)83-71(31-14-15-32-71)70(104)90(9)62(48-18-12-11-13-19-48)69(103)88(7)55(67(101)91-34-36-105-37-35-91)40-57(94)89(8)61(64(98)82-60)47-20-16-21-47/h44-55,60-62H,10-43H2,1-9H3,(H,81,93)(H,82,98)(H,83,97)/t44-,45?,46?,49?,50?,51?,52-,53-,54-,55-,60-,61-,62-/m0/s1. The number of ether oxygens (including phenoxy) is 1. The molecule has 8 aliphatic rings. The normalized spacial score (nSPS) is 31.4. The number of carbonyl (C=O) groups excluding carboxylic acids is 12. The third-order valence-corrected chi connectivity index (χ3v) is 24.5. The van der Waals surface area contributed by atoms with Gasteiger partial charge in [0.05, 0.1) is 51.1 Å². The third-order valence-electron chi connectivity index (χ3n) is 24.5. The van der Waals surface area contributed by atoms with Crippen LogP contribution in [0.3, 0.4) is 0 Å². The molecule has 3 N–H and O–H groups in total. The second-order valence-electron chi connectivity index (χ2n) is 31.5. The molecule has 3 unspecified atom stereocenters. The Bertz CT molecular complexity index is 3100. The second kappa shape index (κ2) is 36.3. The minimum absolute atomic E-state index is 0.0276. The topological polar surface area (TPSA) is 279 Å². The van der Waals surface area contributed by atoms with E-state index in [1.165, 1.54) is 73.8 Å². The van der Waals surface area contributed by atoms with E-state index in [9.17, 15) is 55.1 Å². The van der Waals surface area contributed by atoms with Crippen molar-refractivity contribution in [3.63, 3.8) is 0 Å². The smallest absolute Gasteiger partial charge is 0.378 e. The van der Waals surface area contributed by atoms with E-state index in [0.29, 0.717) is 57.8 Å². The van der Waals surface area contributed by atoms with Crippen LogP contribution >= 0.6 is 0 Å². The summed E-state index contributed by atoms with van der Waals surface area (Å²) >= 11 is 0. The van der Waals surface area contributed by atoms with Crippen LogP contribution in [0.4, 0.5) is 30.7 Å². The lowest BCUT2D eigenvalue weighted by molar-refractivity contribution is -0.201. The van der Waals surface area contributed by atoms with Gasteiger partial charge in [-0.25, -0.2) is 4.39 Å². The third kappa shape index (κ3) is 20.5. The van der Waals surface area contributed by atoms with Crippen molar-refractivity contribution in [1.29, 1.82) is 0 Å². The maximum absolute atomic E-state index is 15.8. The van der Waals surface area contributed by atoms with Gasteiger partial charge in [0.25, 0.3) is 0 Å². The molecule has 3 saturated heterocycles. The Morgan fingerprint density at radius 2 is 1.16 bits per heavy atom. The summed E-state index contributed by atoms with van der Waals surface area (Å²) in [6, 6.07) is -9.35. The van der Waals surface area contributed by atoms with Gasteiger partial charge in [0.15, 0.2) is 0 Å². The van der Waals surface area contributed by atoms with Gasteiger partial charge in [0.1, 0.15) is 54.0 Å². The van der Waals surface area contributed by atoms with E-state index in [4.69, 9.17) is 4.74 Å². The first-order valence-corrected chi connectivity index (χ1v) is 38.1. The van der Waals surface area contributed by atoms with Gasteiger partial charge < -0.3 is 64.8 Å². The highest BCUT2D eigenvalue weighted by atomic mass is 19.4. The zero-order chi connectivity index (χ0) is 77.2. The van der Waals surface area contributed by atoms with E-state index >= 15 is 33.2 Å². The molecule has 0 aromatic heterocycles. The second-order valence-corrected chi connectivity index (χ2v) is 31.5. The van der Waals surface area contributed by atoms with Crippen LogP contribution in [0.25, 0.3) is 0 Å². The SMILES string of the molecule is CC[C@H](C)[C@@H]1NC(=O)[C@H](C2CCC2)N(C)C(=O)C[C@@H](C(=O)N2CCOCC2)N(C)C(=O)[C@H](C2CCCCC2)N(C)C(=O)C2(CCCC2)NC(=O)[C@@H]2CCCN2C(=O)[C@H](CCC2CCC(C(F)(F)F)C(F)C2)NC(=O)CN(C)C(=O)[C@H](CC2CCC(C(F)(F)F)CC2)N(C)C(=O)CN(C)C(=O)CN(C)C1=O. The van der Waals surface area contributed by atoms with Gasteiger partial charge in [-0.15, -0.1) is 0 Å². The molecule has 32 heteroatoms. The molecule has 5 aliphatic carbocycles. The van der Waals surface area contributed by atoms with Crippen molar-refractivity contribution < 1.29 is 93.0 Å². The summed E-state index contributed by atoms with van der Waals surface area (Å²) in [6.07, 6.45) is -7.16. The highest BCUT2D eigenvalue weighted by Gasteiger charge is 2.53. The van der Waals surface area contributed by atoms with Crippen LogP contribution in [0.1, 0.15) is 181 Å². The fourth-order valence-corrected chi connectivity index (χ4v) is 17.3. The van der Waals surface area contributed by atoms with Crippen LogP contribution in [0.5, 0.6) is 0 Å². The summed E-state index contributed by atoms with van der Waals surface area (Å²) in [5, 5.41) is 8.62. The molecule has 0 aromatic rings. The van der Waals surface area contributed by atoms with Gasteiger partial charge in [-0.3, -0.25) is 57.5 Å². The number of hydrogen-bond acceptors (Lipinski definition) is 13. The summed E-state index contributed by atoms with van der Waals surface area (Å²) in [4.78, 5) is 191. The number of fused-ring (bicyclic) bond motifs is 1. The molecule has 11 atom stereocenters. The molecule has 8 fully saturated rings. The van der Waals surface area contributed by atoms with Gasteiger partial charge in [0, 0.05) is 69.0 Å². The van der Waals surface area contributed by atoms with Gasteiger partial charge in [-0.1, -0.05) is 58.8 Å². The lowest BCUT2D eigenvalue weighted by Crippen LogP contribution is -2.65. The van der Waals surface area contributed by atoms with E-state index in [-0.39, 0.29) is 116 Å². The fourth-order valence-electron chi connectivity index (χ4n) is 17.3. The maximum atomic E-state index is 15.8. The van der Waals surface area contributed by atoms with E-state index in [0.717, 1.165) is 32.4 Å². The number of nitrogens with one attached hydrogen (secondary N) is 3. The number of rotatable bonds is 10. The molecule has 105 heavy (non-hydrogen) atoms. The van der Waals surface area contributed by atoms with Crippen molar-refractivity contribution >= 4 is 70.9 Å². The number of amides is 12. The number of halogens is 7. The largest absolute Gasteiger partial charge is 0.394 e. The van der Waals surface area contributed by atoms with Crippen molar-refractivity contribution in [3.05, 3.63) is 0 Å². The molecular formula is C73H113F7N12O13. The van der Waals surface area contributed by atoms with Crippen molar-refractivity contribution in [2.75, 3.05) is 102 Å². The first-order valence-electron chi connectivity index (χ1n) is 38.1. The molecule has 0 bridgehead atoms. The molecule has 8 rings (SSSR count). The highest BCUT2D eigenvalue weighted by molar-refractivity contribution is 6.01. The molecule has 592 valence electrons. The molecule has 1 spiro atoms. The van der Waals surface area contributed by atoms with Crippen molar-refractivity contribution in [2.24, 2.45) is 41.4 Å². The van der Waals surface area contributed by atoms with E-state index < -0.39 is 212 Å². The zero-order valence-electron chi connectivity index (χ0n) is 62.7. The zero-order valence-corrected chi connectivity index (χ0v) is 62.7. The number of nitrogens with zero attached hydrogens (tertiary/aromatic N) is 9. The van der Waals surface area contributed by atoms with Crippen molar-refractivity contribution in [3.8, 4) is 0 Å². The summed E-state index contributed by atoms with van der Waals surface area (Å²) in [7, 11) is 9.44. The first kappa shape index (κ1) is 83.7. The van der Waals surface area contributed by atoms with Gasteiger partial charge in [-0.05, 0) is 145 Å². The van der Waals surface area contributed by atoms with E-state index in [1.54, 1.807) is 13.8 Å². The quantitative estimate of drug-likeness (QED) is 0.225. The minimum Gasteiger partial charge on any atom is -0.378 e. The Morgan fingerprint density at radius 3 is 1.75 bits per heavy atom. The molecule has 5 saturated carbocycles.